The number of benzene rings is 2. The molecule has 2 aromatic carbocycles. The topological polar surface area (TPSA) is 106 Å². The van der Waals surface area contributed by atoms with Crippen LogP contribution < -0.4 is 16.0 Å². The lowest BCUT2D eigenvalue weighted by Crippen LogP contribution is -2.63. The summed E-state index contributed by atoms with van der Waals surface area (Å²) >= 11 is 12.6. The average Bonchev–Trinajstić information content (AvgIpc) is 3.42. The van der Waals surface area contributed by atoms with E-state index in [1.165, 1.54) is 18.2 Å². The molecule has 1 aliphatic carbocycles. The predicted molar refractivity (Wildman–Crippen MR) is 182 cm³/mol. The van der Waals surface area contributed by atoms with Crippen molar-refractivity contribution in [3.8, 4) is 0 Å². The molecule has 5 atom stereocenters. The van der Waals surface area contributed by atoms with Gasteiger partial charge in [0.05, 0.1) is 31.0 Å². The van der Waals surface area contributed by atoms with Gasteiger partial charge in [-0.2, -0.15) is 0 Å². The summed E-state index contributed by atoms with van der Waals surface area (Å²) in [4.78, 5) is 41.7. The van der Waals surface area contributed by atoms with Crippen molar-refractivity contribution in [2.45, 2.75) is 92.8 Å². The minimum absolute atomic E-state index is 0.0173. The van der Waals surface area contributed by atoms with Crippen LogP contribution in [0.2, 0.25) is 10.0 Å². The van der Waals surface area contributed by atoms with Crippen LogP contribution in [0.3, 0.4) is 0 Å². The number of ether oxygens (including phenoxy) is 2. The molecule has 0 radical (unpaired) electrons. The molecule has 0 aromatic heterocycles. The highest BCUT2D eigenvalue weighted by Crippen LogP contribution is 2.67. The van der Waals surface area contributed by atoms with Crippen molar-refractivity contribution in [3.63, 3.8) is 0 Å². The molecular formula is C37H42Cl2F3N3O5. The van der Waals surface area contributed by atoms with E-state index in [4.69, 9.17) is 32.7 Å². The van der Waals surface area contributed by atoms with Gasteiger partial charge in [0.15, 0.2) is 5.78 Å². The van der Waals surface area contributed by atoms with Crippen LogP contribution in [0.1, 0.15) is 74.8 Å². The molecule has 1 saturated carbocycles. The van der Waals surface area contributed by atoms with Gasteiger partial charge in [0.2, 0.25) is 11.8 Å². The first-order valence-corrected chi connectivity index (χ1v) is 18.3. The van der Waals surface area contributed by atoms with E-state index < -0.39 is 59.5 Å². The highest BCUT2D eigenvalue weighted by Gasteiger charge is 2.75. The smallest absolute Gasteiger partial charge is 0.249 e. The zero-order valence-electron chi connectivity index (χ0n) is 27.7. The maximum atomic E-state index is 16.2. The van der Waals surface area contributed by atoms with E-state index in [2.05, 4.69) is 16.0 Å². The molecule has 5 aliphatic rings. The van der Waals surface area contributed by atoms with Crippen molar-refractivity contribution in [2.24, 2.45) is 11.3 Å². The van der Waals surface area contributed by atoms with Crippen LogP contribution in [0.5, 0.6) is 0 Å². The first-order valence-electron chi connectivity index (χ1n) is 17.5. The van der Waals surface area contributed by atoms with E-state index in [1.54, 1.807) is 18.2 Å². The van der Waals surface area contributed by atoms with E-state index in [-0.39, 0.29) is 53.5 Å². The SMILES string of the molecule is O=C(NC1CCOCC1)[C@@H]1CC[C@@H](CCCC(=O)[C@@H]2NC3(CC(CF)(CF)C3)[C@@H]3c4ccc(Cl)cc4NC(=O)[C@]23c2cccc(Cl)c2F)CO1. The molecule has 1 spiro atoms. The van der Waals surface area contributed by atoms with Gasteiger partial charge in [-0.15, -0.1) is 0 Å². The second kappa shape index (κ2) is 14.0. The molecule has 13 heteroatoms. The average molecular weight is 737 g/mol. The van der Waals surface area contributed by atoms with Crippen molar-refractivity contribution < 1.29 is 37.0 Å². The molecule has 2 amide bonds. The number of hydrogen-bond donors (Lipinski definition) is 3. The largest absolute Gasteiger partial charge is 0.381 e. The van der Waals surface area contributed by atoms with Crippen LogP contribution in [0.25, 0.3) is 0 Å². The number of hydrogen-bond acceptors (Lipinski definition) is 6. The number of ketones is 1. The third-order valence-electron chi connectivity index (χ3n) is 11.8. The molecule has 4 aliphatic heterocycles. The lowest BCUT2D eigenvalue weighted by molar-refractivity contribution is -0.139. The van der Waals surface area contributed by atoms with Gasteiger partial charge in [-0.25, -0.2) is 4.39 Å². The molecule has 4 fully saturated rings. The molecule has 50 heavy (non-hydrogen) atoms. The second-order valence-corrected chi connectivity index (χ2v) is 15.8. The highest BCUT2D eigenvalue weighted by atomic mass is 35.5. The Bertz CT molecular complexity index is 1640. The summed E-state index contributed by atoms with van der Waals surface area (Å²) in [6.45, 7) is -0.155. The van der Waals surface area contributed by atoms with Crippen LogP contribution in [-0.2, 0) is 29.3 Å². The Morgan fingerprint density at radius 3 is 2.48 bits per heavy atom. The Balaban J connectivity index is 1.13. The minimum atomic E-state index is -1.80. The molecule has 8 nitrogen and oxygen atoms in total. The van der Waals surface area contributed by atoms with Gasteiger partial charge in [0.25, 0.3) is 0 Å². The first kappa shape index (κ1) is 35.7. The fourth-order valence-electron chi connectivity index (χ4n) is 9.50. The number of halogens is 5. The normalized spacial score (nSPS) is 29.8. The van der Waals surface area contributed by atoms with Gasteiger partial charge in [-0.05, 0) is 81.0 Å². The minimum Gasteiger partial charge on any atom is -0.381 e. The number of rotatable bonds is 10. The zero-order chi connectivity index (χ0) is 35.3. The van der Waals surface area contributed by atoms with Crippen molar-refractivity contribution in [1.82, 2.24) is 10.6 Å². The van der Waals surface area contributed by atoms with Gasteiger partial charge >= 0.3 is 0 Å². The summed E-state index contributed by atoms with van der Waals surface area (Å²) < 4.78 is 56.2. The molecule has 4 heterocycles. The Morgan fingerprint density at radius 2 is 1.78 bits per heavy atom. The fraction of sp³-hybridized carbons (Fsp3) is 0.595. The van der Waals surface area contributed by atoms with Gasteiger partial charge in [0, 0.05) is 58.8 Å². The maximum Gasteiger partial charge on any atom is 0.249 e. The molecule has 3 saturated heterocycles. The number of amides is 2. The monoisotopic (exact) mass is 735 g/mol. The summed E-state index contributed by atoms with van der Waals surface area (Å²) in [5.74, 6) is -2.54. The van der Waals surface area contributed by atoms with Crippen LogP contribution in [0.15, 0.2) is 36.4 Å². The van der Waals surface area contributed by atoms with E-state index in [0.29, 0.717) is 55.4 Å². The van der Waals surface area contributed by atoms with E-state index in [9.17, 15) is 23.2 Å². The Kier molecular flexibility index (Phi) is 10.0. The Morgan fingerprint density at radius 1 is 1.02 bits per heavy atom. The van der Waals surface area contributed by atoms with Gasteiger partial charge in [-0.3, -0.25) is 28.5 Å². The van der Waals surface area contributed by atoms with E-state index in [1.807, 2.05) is 0 Å². The number of Topliss-reactive ketones (excluding diaryl/α,β-unsaturated/α-hetero) is 1. The Hall–Kier alpha value is -2.70. The fourth-order valence-corrected chi connectivity index (χ4v) is 9.85. The van der Waals surface area contributed by atoms with E-state index >= 15 is 4.39 Å². The summed E-state index contributed by atoms with van der Waals surface area (Å²) in [5.41, 5.74) is -3.17. The maximum absolute atomic E-state index is 16.2. The number of carbonyl (C=O) groups excluding carboxylic acids is 3. The number of carbonyl (C=O) groups is 3. The van der Waals surface area contributed by atoms with Gasteiger partial charge < -0.3 is 20.1 Å². The molecule has 7 rings (SSSR count). The predicted octanol–water partition coefficient (Wildman–Crippen LogP) is 6.37. The summed E-state index contributed by atoms with van der Waals surface area (Å²) in [5, 5.41) is 9.55. The van der Waals surface area contributed by atoms with Crippen molar-refractivity contribution in [3.05, 3.63) is 63.4 Å². The Labute approximate surface area is 299 Å². The molecule has 0 bridgehead atoms. The highest BCUT2D eigenvalue weighted by molar-refractivity contribution is 6.31. The number of nitrogens with one attached hydrogen (secondary N) is 3. The third-order valence-corrected chi connectivity index (χ3v) is 12.3. The third kappa shape index (κ3) is 6.04. The number of alkyl halides is 2. The standard InChI is InChI=1S/C37H42Cl2F3N3O5/c38-22-8-9-24-27(15-22)44-34(48)37(25-4-2-5-26(39)30(25)42)31(24)36(17-35(18-36,19-40)20-41)45-32(37)28(46)6-1-3-21-7-10-29(50-16-21)33(47)43-23-11-13-49-14-12-23/h2,4-5,8-9,15,21,23,29,31-32,45H,1,3,6-7,10-14,16-20H2,(H,43,47)(H,44,48)/t21-,29+,31+,32+,37+/m1/s1. The van der Waals surface area contributed by atoms with Crippen LogP contribution in [0, 0.1) is 17.2 Å². The van der Waals surface area contributed by atoms with Crippen LogP contribution in [0.4, 0.5) is 18.9 Å². The van der Waals surface area contributed by atoms with Crippen LogP contribution >= 0.6 is 23.2 Å². The lowest BCUT2D eigenvalue weighted by Gasteiger charge is -2.57. The van der Waals surface area contributed by atoms with Gasteiger partial charge in [0.1, 0.15) is 17.3 Å². The summed E-state index contributed by atoms with van der Waals surface area (Å²) in [7, 11) is 0. The van der Waals surface area contributed by atoms with E-state index in [0.717, 1.165) is 19.3 Å². The lowest BCUT2D eigenvalue weighted by atomic mass is 9.48. The van der Waals surface area contributed by atoms with Crippen molar-refractivity contribution in [1.29, 1.82) is 0 Å². The van der Waals surface area contributed by atoms with Crippen molar-refractivity contribution in [2.75, 3.05) is 38.5 Å². The zero-order valence-corrected chi connectivity index (χ0v) is 29.2. The quantitative estimate of drug-likeness (QED) is 0.262. The second-order valence-electron chi connectivity index (χ2n) is 15.0. The van der Waals surface area contributed by atoms with Crippen LogP contribution in [-0.4, -0.2) is 74.5 Å². The molecule has 0 unspecified atom stereocenters. The molecule has 3 N–H and O–H groups in total. The molecular weight excluding hydrogens is 694 g/mol. The molecule has 2 aromatic rings. The molecule has 270 valence electrons. The van der Waals surface area contributed by atoms with Crippen molar-refractivity contribution >= 4 is 46.5 Å². The number of fused-ring (bicyclic) bond motifs is 4. The number of anilines is 1. The first-order chi connectivity index (χ1) is 24.1. The van der Waals surface area contributed by atoms with Gasteiger partial charge in [-0.1, -0.05) is 41.4 Å². The summed E-state index contributed by atoms with van der Waals surface area (Å²) in [6.07, 6.45) is 3.64. The summed E-state index contributed by atoms with van der Waals surface area (Å²) in [6, 6.07) is 8.26.